The first-order valence-electron chi connectivity index (χ1n) is 3.87. The summed E-state index contributed by atoms with van der Waals surface area (Å²) in [5.41, 5.74) is 0. The molecule has 0 aromatic heterocycles. The molecule has 72 valence electrons. The standard InChI is InChI=1S/C7H14O3S2/c1-12-7(11)10-5-6-4-8-2-3-9-6/h6H,2-5,12H2,1H3/t6-/m0/s1. The molecule has 5 heteroatoms. The first kappa shape index (κ1) is 10.2. The van der Waals surface area contributed by atoms with Crippen molar-refractivity contribution in [2.45, 2.75) is 6.10 Å². The highest BCUT2D eigenvalue weighted by molar-refractivity contribution is 8.22. The van der Waals surface area contributed by atoms with Crippen LogP contribution in [0.2, 0.25) is 0 Å². The highest BCUT2D eigenvalue weighted by Gasteiger charge is 2.14. The molecule has 12 heavy (non-hydrogen) atoms. The predicted molar refractivity (Wildman–Crippen MR) is 55.4 cm³/mol. The van der Waals surface area contributed by atoms with E-state index in [1.807, 2.05) is 6.26 Å². The van der Waals surface area contributed by atoms with E-state index in [0.29, 0.717) is 42.6 Å². The molecular formula is C7H14O3S2. The summed E-state index contributed by atoms with van der Waals surface area (Å²) >= 11 is 5.48. The zero-order valence-electron chi connectivity index (χ0n) is 7.04. The fraction of sp³-hybridized carbons (Fsp3) is 0.857. The molecule has 1 heterocycles. The Hall–Kier alpha value is 0.160. The van der Waals surface area contributed by atoms with Crippen LogP contribution in [-0.2, 0) is 14.2 Å². The molecular weight excluding hydrogens is 196 g/mol. The number of rotatable bonds is 2. The summed E-state index contributed by atoms with van der Waals surface area (Å²) in [4.78, 5) is 0. The predicted octanol–water partition coefficient (Wildman–Crippen LogP) is 0.531. The van der Waals surface area contributed by atoms with Crippen molar-refractivity contribution in [3.8, 4) is 0 Å². The second-order valence-electron chi connectivity index (χ2n) is 2.42. The van der Waals surface area contributed by atoms with Crippen LogP contribution in [0.15, 0.2) is 0 Å². The maximum atomic E-state index is 5.37. The molecule has 0 aromatic carbocycles. The van der Waals surface area contributed by atoms with Crippen molar-refractivity contribution in [2.75, 3.05) is 32.7 Å². The van der Waals surface area contributed by atoms with Crippen molar-refractivity contribution in [1.82, 2.24) is 0 Å². The van der Waals surface area contributed by atoms with Crippen LogP contribution in [-0.4, -0.2) is 43.2 Å². The highest BCUT2D eigenvalue weighted by Crippen LogP contribution is 2.05. The van der Waals surface area contributed by atoms with Crippen molar-refractivity contribution in [2.24, 2.45) is 0 Å². The molecule has 0 radical (unpaired) electrons. The van der Waals surface area contributed by atoms with Crippen molar-refractivity contribution >= 4 is 28.4 Å². The van der Waals surface area contributed by atoms with E-state index in [1.165, 1.54) is 0 Å². The minimum absolute atomic E-state index is 0.0630. The van der Waals surface area contributed by atoms with Crippen LogP contribution in [0.3, 0.4) is 0 Å². The van der Waals surface area contributed by atoms with Crippen molar-refractivity contribution in [3.63, 3.8) is 0 Å². The van der Waals surface area contributed by atoms with Gasteiger partial charge in [-0.15, -0.1) is 0 Å². The number of ether oxygens (including phenoxy) is 3. The number of thiocarbonyl (C=S) groups is 1. The van der Waals surface area contributed by atoms with Crippen LogP contribution in [0.25, 0.3) is 0 Å². The van der Waals surface area contributed by atoms with E-state index in [0.717, 1.165) is 0 Å². The fourth-order valence-electron chi connectivity index (χ4n) is 0.874. The Morgan fingerprint density at radius 2 is 2.50 bits per heavy atom. The number of hydrogen-bond donors (Lipinski definition) is 0. The van der Waals surface area contributed by atoms with E-state index in [9.17, 15) is 0 Å². The lowest BCUT2D eigenvalue weighted by atomic mass is 10.4. The van der Waals surface area contributed by atoms with Crippen LogP contribution in [0, 0.1) is 0 Å². The van der Waals surface area contributed by atoms with E-state index >= 15 is 0 Å². The summed E-state index contributed by atoms with van der Waals surface area (Å²) < 4.78 is 16.5. The Labute approximate surface area is 81.7 Å². The van der Waals surface area contributed by atoms with Gasteiger partial charge in [0.15, 0.2) is 4.38 Å². The van der Waals surface area contributed by atoms with Crippen molar-refractivity contribution in [3.05, 3.63) is 0 Å². The van der Waals surface area contributed by atoms with Gasteiger partial charge in [0.05, 0.1) is 19.8 Å². The molecule has 0 N–H and O–H groups in total. The van der Waals surface area contributed by atoms with Gasteiger partial charge in [0.2, 0.25) is 0 Å². The third kappa shape index (κ3) is 3.71. The monoisotopic (exact) mass is 210 g/mol. The van der Waals surface area contributed by atoms with Gasteiger partial charge in [0.25, 0.3) is 0 Å². The van der Waals surface area contributed by atoms with Gasteiger partial charge in [-0.05, 0) is 18.5 Å². The van der Waals surface area contributed by atoms with Crippen molar-refractivity contribution < 1.29 is 14.2 Å². The van der Waals surface area contributed by atoms with Gasteiger partial charge in [-0.2, -0.15) is 11.8 Å². The molecule has 0 aromatic rings. The van der Waals surface area contributed by atoms with E-state index in [-0.39, 0.29) is 6.10 Å². The maximum absolute atomic E-state index is 5.37. The Morgan fingerprint density at radius 3 is 3.08 bits per heavy atom. The molecule has 1 aliphatic rings. The van der Waals surface area contributed by atoms with Gasteiger partial charge >= 0.3 is 0 Å². The number of hydrogen-bond acceptors (Lipinski definition) is 4. The molecule has 0 amide bonds. The van der Waals surface area contributed by atoms with E-state index in [4.69, 9.17) is 26.4 Å². The lowest BCUT2D eigenvalue weighted by Crippen LogP contribution is -2.32. The average molecular weight is 210 g/mol. The Kier molecular flexibility index (Phi) is 4.90. The molecule has 1 fully saturated rings. The summed E-state index contributed by atoms with van der Waals surface area (Å²) in [6.07, 6.45) is 2.06. The van der Waals surface area contributed by atoms with E-state index < -0.39 is 0 Å². The second-order valence-corrected chi connectivity index (χ2v) is 4.10. The third-order valence-electron chi connectivity index (χ3n) is 1.49. The van der Waals surface area contributed by atoms with Crippen LogP contribution in [0.1, 0.15) is 0 Å². The summed E-state index contributed by atoms with van der Waals surface area (Å²) in [5, 5.41) is 0. The Balaban J connectivity index is 2.09. The largest absolute Gasteiger partial charge is 0.477 e. The minimum atomic E-state index is 0.0630. The van der Waals surface area contributed by atoms with Gasteiger partial charge in [-0.25, -0.2) is 0 Å². The minimum Gasteiger partial charge on any atom is -0.477 e. The molecule has 0 spiro atoms. The molecule has 1 atom stereocenters. The molecule has 1 aliphatic heterocycles. The lowest BCUT2D eigenvalue weighted by Gasteiger charge is -2.22. The fourth-order valence-corrected chi connectivity index (χ4v) is 1.17. The van der Waals surface area contributed by atoms with Gasteiger partial charge in [0, 0.05) is 0 Å². The quantitative estimate of drug-likeness (QED) is 0.622. The van der Waals surface area contributed by atoms with Crippen molar-refractivity contribution in [1.29, 1.82) is 0 Å². The maximum Gasteiger partial charge on any atom is 0.196 e. The van der Waals surface area contributed by atoms with E-state index in [2.05, 4.69) is 0 Å². The molecule has 0 aliphatic carbocycles. The SMILES string of the molecule is C[SH2]C(=S)OC[C@@H]1COCCO1. The van der Waals surface area contributed by atoms with Crippen LogP contribution in [0.5, 0.6) is 0 Å². The van der Waals surface area contributed by atoms with Gasteiger partial charge in [-0.1, -0.05) is 0 Å². The summed E-state index contributed by atoms with van der Waals surface area (Å²) in [6.45, 7) is 2.50. The molecule has 0 bridgehead atoms. The summed E-state index contributed by atoms with van der Waals surface area (Å²) in [7, 11) is 0. The molecule has 3 nitrogen and oxygen atoms in total. The highest BCUT2D eigenvalue weighted by atomic mass is 32.2. The topological polar surface area (TPSA) is 27.7 Å². The lowest BCUT2D eigenvalue weighted by molar-refractivity contribution is -0.102. The summed E-state index contributed by atoms with van der Waals surface area (Å²) in [5.74, 6) is 0. The normalized spacial score (nSPS) is 25.2. The first-order valence-corrected chi connectivity index (χ1v) is 5.77. The van der Waals surface area contributed by atoms with Gasteiger partial charge in [0.1, 0.15) is 12.7 Å². The second kappa shape index (κ2) is 5.75. The zero-order valence-corrected chi connectivity index (χ0v) is 8.86. The van der Waals surface area contributed by atoms with Gasteiger partial charge in [-0.3, -0.25) is 0 Å². The van der Waals surface area contributed by atoms with Gasteiger partial charge < -0.3 is 14.2 Å². The van der Waals surface area contributed by atoms with Crippen LogP contribution in [0.4, 0.5) is 0 Å². The Morgan fingerprint density at radius 1 is 1.67 bits per heavy atom. The molecule has 0 saturated carbocycles. The summed E-state index contributed by atoms with van der Waals surface area (Å²) in [6, 6.07) is 0. The molecule has 1 saturated heterocycles. The average Bonchev–Trinajstić information content (AvgIpc) is 2.16. The third-order valence-corrected chi connectivity index (χ3v) is 2.77. The van der Waals surface area contributed by atoms with Crippen LogP contribution < -0.4 is 0 Å². The zero-order chi connectivity index (χ0) is 8.81. The van der Waals surface area contributed by atoms with Crippen LogP contribution >= 0.6 is 24.0 Å². The molecule has 1 rings (SSSR count). The smallest absolute Gasteiger partial charge is 0.196 e. The Bertz CT molecular complexity index is 146. The molecule has 0 unspecified atom stereocenters. The first-order chi connectivity index (χ1) is 5.83. The van der Waals surface area contributed by atoms with E-state index in [1.54, 1.807) is 0 Å².